The Kier molecular flexibility index (Phi) is 5.91. The van der Waals surface area contributed by atoms with E-state index >= 15 is 0 Å². The first-order valence-corrected chi connectivity index (χ1v) is 10.0. The molecule has 8 heteroatoms. The van der Waals surface area contributed by atoms with E-state index < -0.39 is 23.9 Å². The Morgan fingerprint density at radius 1 is 0.818 bits per heavy atom. The highest BCUT2D eigenvalue weighted by Crippen LogP contribution is 2.35. The number of amides is 2. The minimum Gasteiger partial charge on any atom is -0.406 e. The first-order chi connectivity index (χ1) is 15.7. The zero-order valence-corrected chi connectivity index (χ0v) is 17.5. The van der Waals surface area contributed by atoms with Crippen LogP contribution in [0, 0.1) is 0 Å². The van der Waals surface area contributed by atoms with Crippen molar-refractivity contribution in [3.63, 3.8) is 0 Å². The lowest BCUT2D eigenvalue weighted by molar-refractivity contribution is -0.274. The van der Waals surface area contributed by atoms with Gasteiger partial charge in [-0.3, -0.25) is 9.59 Å². The summed E-state index contributed by atoms with van der Waals surface area (Å²) < 4.78 is 41.3. The van der Waals surface area contributed by atoms with E-state index in [4.69, 9.17) is 0 Å². The average Bonchev–Trinajstić information content (AvgIpc) is 3.05. The molecule has 33 heavy (non-hydrogen) atoms. The first kappa shape index (κ1) is 22.1. The SMILES string of the molecule is CN(Cc1ccccc1)C1=C(c2ccccc2)C(=O)N(c2ccc(OC(F)(F)F)cc2)C1=O. The molecule has 0 bridgehead atoms. The fourth-order valence-electron chi connectivity index (χ4n) is 3.71. The molecule has 4 rings (SSSR count). The fourth-order valence-corrected chi connectivity index (χ4v) is 3.71. The van der Waals surface area contributed by atoms with Crippen LogP contribution in [-0.4, -0.2) is 30.1 Å². The van der Waals surface area contributed by atoms with Crippen LogP contribution in [0.1, 0.15) is 11.1 Å². The third-order valence-corrected chi connectivity index (χ3v) is 5.09. The molecule has 3 aromatic rings. The molecule has 3 aromatic carbocycles. The number of likely N-dealkylation sites (N-methyl/N-ethyl adjacent to an activating group) is 1. The molecule has 1 heterocycles. The lowest BCUT2D eigenvalue weighted by atomic mass is 10.0. The van der Waals surface area contributed by atoms with Gasteiger partial charge < -0.3 is 9.64 Å². The molecule has 168 valence electrons. The highest BCUT2D eigenvalue weighted by atomic mass is 19.4. The summed E-state index contributed by atoms with van der Waals surface area (Å²) in [7, 11) is 1.72. The summed E-state index contributed by atoms with van der Waals surface area (Å²) in [4.78, 5) is 29.5. The van der Waals surface area contributed by atoms with Crippen molar-refractivity contribution in [2.75, 3.05) is 11.9 Å². The van der Waals surface area contributed by atoms with Gasteiger partial charge in [-0.25, -0.2) is 4.90 Å². The molecule has 0 atom stereocenters. The van der Waals surface area contributed by atoms with Crippen LogP contribution in [0.4, 0.5) is 18.9 Å². The lowest BCUT2D eigenvalue weighted by Gasteiger charge is -2.21. The molecule has 0 saturated heterocycles. The van der Waals surface area contributed by atoms with Gasteiger partial charge in [0.2, 0.25) is 0 Å². The van der Waals surface area contributed by atoms with Gasteiger partial charge in [-0.15, -0.1) is 13.2 Å². The number of imide groups is 1. The molecule has 5 nitrogen and oxygen atoms in total. The van der Waals surface area contributed by atoms with Gasteiger partial charge in [-0.2, -0.15) is 0 Å². The van der Waals surface area contributed by atoms with Crippen LogP contribution in [0.3, 0.4) is 0 Å². The highest BCUT2D eigenvalue weighted by Gasteiger charge is 2.41. The van der Waals surface area contributed by atoms with Gasteiger partial charge in [0.25, 0.3) is 11.8 Å². The number of nitrogens with zero attached hydrogens (tertiary/aromatic N) is 2. The van der Waals surface area contributed by atoms with Crippen LogP contribution < -0.4 is 9.64 Å². The summed E-state index contributed by atoms with van der Waals surface area (Å²) in [6.45, 7) is 0.387. The number of halogens is 3. The Bertz CT molecular complexity index is 1190. The lowest BCUT2D eigenvalue weighted by Crippen LogP contribution is -2.34. The van der Waals surface area contributed by atoms with Gasteiger partial charge in [-0.05, 0) is 35.4 Å². The zero-order valence-electron chi connectivity index (χ0n) is 17.5. The van der Waals surface area contributed by atoms with Crippen molar-refractivity contribution in [1.29, 1.82) is 0 Å². The third-order valence-electron chi connectivity index (χ3n) is 5.09. The van der Waals surface area contributed by atoms with E-state index in [0.29, 0.717) is 12.1 Å². The Morgan fingerprint density at radius 2 is 1.39 bits per heavy atom. The smallest absolute Gasteiger partial charge is 0.406 e. The predicted molar refractivity (Wildman–Crippen MR) is 117 cm³/mol. The number of carbonyl (C=O) groups is 2. The van der Waals surface area contributed by atoms with E-state index in [-0.39, 0.29) is 17.0 Å². The molecular weight excluding hydrogens is 433 g/mol. The molecule has 1 aliphatic rings. The van der Waals surface area contributed by atoms with E-state index in [1.54, 1.807) is 42.3 Å². The molecule has 0 radical (unpaired) electrons. The molecular formula is C25H19F3N2O3. The van der Waals surface area contributed by atoms with Gasteiger partial charge in [0, 0.05) is 13.6 Å². The minimum absolute atomic E-state index is 0.149. The maximum absolute atomic E-state index is 13.4. The van der Waals surface area contributed by atoms with Crippen LogP contribution >= 0.6 is 0 Å². The number of alkyl halides is 3. The van der Waals surface area contributed by atoms with Gasteiger partial charge in [0.15, 0.2) is 0 Å². The summed E-state index contributed by atoms with van der Waals surface area (Å²) in [6, 6.07) is 22.9. The van der Waals surface area contributed by atoms with Gasteiger partial charge in [0.1, 0.15) is 11.4 Å². The second kappa shape index (κ2) is 8.82. The molecule has 0 saturated carbocycles. The van der Waals surface area contributed by atoms with Crippen LogP contribution in [0.5, 0.6) is 5.75 Å². The largest absolute Gasteiger partial charge is 0.573 e. The maximum Gasteiger partial charge on any atom is 0.573 e. The summed E-state index contributed by atoms with van der Waals surface area (Å²) in [6.07, 6.45) is -4.84. The summed E-state index contributed by atoms with van der Waals surface area (Å²) in [5, 5.41) is 0. The fraction of sp³-hybridized carbons (Fsp3) is 0.120. The van der Waals surface area contributed by atoms with Crippen molar-refractivity contribution < 1.29 is 27.5 Å². The summed E-state index contributed by atoms with van der Waals surface area (Å²) >= 11 is 0. The minimum atomic E-state index is -4.84. The van der Waals surface area contributed by atoms with E-state index in [9.17, 15) is 22.8 Å². The number of rotatable bonds is 6. The Morgan fingerprint density at radius 3 is 1.97 bits per heavy atom. The highest BCUT2D eigenvalue weighted by molar-refractivity contribution is 6.45. The van der Waals surface area contributed by atoms with E-state index in [1.165, 1.54) is 12.1 Å². The van der Waals surface area contributed by atoms with Crippen LogP contribution in [0.2, 0.25) is 0 Å². The second-order valence-corrected chi connectivity index (χ2v) is 7.42. The molecule has 0 fully saturated rings. The van der Waals surface area contributed by atoms with Crippen LogP contribution in [0.25, 0.3) is 5.57 Å². The predicted octanol–water partition coefficient (Wildman–Crippen LogP) is 5.00. The standard InChI is InChI=1S/C25H19F3N2O3/c1-29(16-17-8-4-2-5-9-17)22-21(18-10-6-3-7-11-18)23(31)30(24(22)32)19-12-14-20(15-13-19)33-25(26,27)28/h2-15H,16H2,1H3. The van der Waals surface area contributed by atoms with E-state index in [2.05, 4.69) is 4.74 Å². The topological polar surface area (TPSA) is 49.9 Å². The molecule has 0 aliphatic carbocycles. The molecule has 0 aromatic heterocycles. The number of anilines is 1. The van der Waals surface area contributed by atoms with Crippen molar-refractivity contribution in [3.05, 3.63) is 102 Å². The first-order valence-electron chi connectivity index (χ1n) is 10.0. The van der Waals surface area contributed by atoms with Crippen LogP contribution in [-0.2, 0) is 16.1 Å². The quantitative estimate of drug-likeness (QED) is 0.494. The maximum atomic E-state index is 13.4. The Hall–Kier alpha value is -4.07. The summed E-state index contributed by atoms with van der Waals surface area (Å²) in [5.74, 6) is -1.55. The number of carbonyl (C=O) groups excluding carboxylic acids is 2. The van der Waals surface area contributed by atoms with Crippen molar-refractivity contribution >= 4 is 23.1 Å². The van der Waals surface area contributed by atoms with Crippen LogP contribution in [0.15, 0.2) is 90.6 Å². The van der Waals surface area contributed by atoms with Crippen molar-refractivity contribution in [1.82, 2.24) is 4.90 Å². The average molecular weight is 452 g/mol. The van der Waals surface area contributed by atoms with Crippen molar-refractivity contribution in [2.45, 2.75) is 12.9 Å². The zero-order chi connectivity index (χ0) is 23.6. The van der Waals surface area contributed by atoms with Gasteiger partial charge >= 0.3 is 6.36 Å². The molecule has 0 unspecified atom stereocenters. The monoisotopic (exact) mass is 452 g/mol. The molecule has 0 N–H and O–H groups in total. The van der Waals surface area contributed by atoms with Gasteiger partial charge in [0.05, 0.1) is 11.3 Å². The van der Waals surface area contributed by atoms with E-state index in [0.717, 1.165) is 22.6 Å². The third kappa shape index (κ3) is 4.74. The van der Waals surface area contributed by atoms with Crippen molar-refractivity contribution in [2.24, 2.45) is 0 Å². The molecule has 2 amide bonds. The molecule has 0 spiro atoms. The number of hydrogen-bond donors (Lipinski definition) is 0. The van der Waals surface area contributed by atoms with Gasteiger partial charge in [-0.1, -0.05) is 60.7 Å². The number of hydrogen-bond acceptors (Lipinski definition) is 4. The Labute approximate surface area is 188 Å². The normalized spacial score (nSPS) is 14.1. The summed E-state index contributed by atoms with van der Waals surface area (Å²) in [5.41, 5.74) is 2.12. The number of benzene rings is 3. The van der Waals surface area contributed by atoms with E-state index in [1.807, 2.05) is 30.3 Å². The number of ether oxygens (including phenoxy) is 1. The molecule has 1 aliphatic heterocycles. The second-order valence-electron chi connectivity index (χ2n) is 7.42. The van der Waals surface area contributed by atoms with Crippen molar-refractivity contribution in [3.8, 4) is 5.75 Å². The Balaban J connectivity index is 1.70.